The van der Waals surface area contributed by atoms with Gasteiger partial charge < -0.3 is 24.1 Å². The Kier molecular flexibility index (Phi) is 8.97. The molecule has 0 aliphatic carbocycles. The van der Waals surface area contributed by atoms with Crippen molar-refractivity contribution in [3.05, 3.63) is 86.2 Å². The molecule has 3 heterocycles. The van der Waals surface area contributed by atoms with Crippen LogP contribution in [-0.2, 0) is 11.8 Å². The zero-order valence-electron chi connectivity index (χ0n) is 24.1. The number of pyridine rings is 1. The summed E-state index contributed by atoms with van der Waals surface area (Å²) in [6, 6.07) is 8.79. The first kappa shape index (κ1) is 29.6. The van der Waals surface area contributed by atoms with Gasteiger partial charge in [0.15, 0.2) is 5.69 Å². The van der Waals surface area contributed by atoms with E-state index in [9.17, 15) is 9.59 Å². The molecule has 1 atom stereocenters. The topological polar surface area (TPSA) is 122 Å². The fraction of sp³-hybridized carbons (Fsp3) is 0.345. The monoisotopic (exact) mass is 580 g/mol. The van der Waals surface area contributed by atoms with Crippen molar-refractivity contribution in [3.8, 4) is 17.6 Å². The van der Waals surface area contributed by atoms with Crippen LogP contribution in [0.5, 0.6) is 11.9 Å². The zero-order chi connectivity index (χ0) is 29.8. The molecule has 1 unspecified atom stereocenters. The van der Waals surface area contributed by atoms with E-state index >= 15 is 0 Å². The minimum absolute atomic E-state index is 0.0744. The number of aryl methyl sites for hydroxylation is 2. The first-order valence-electron chi connectivity index (χ1n) is 13.0. The molecule has 0 saturated carbocycles. The quantitative estimate of drug-likeness (QED) is 0.262. The average Bonchev–Trinajstić information content (AvgIpc) is 3.35. The van der Waals surface area contributed by atoms with E-state index in [1.807, 2.05) is 45.0 Å². The van der Waals surface area contributed by atoms with Crippen LogP contribution < -0.4 is 20.3 Å². The van der Waals surface area contributed by atoms with Crippen molar-refractivity contribution in [3.63, 3.8) is 0 Å². The van der Waals surface area contributed by atoms with Gasteiger partial charge in [0.1, 0.15) is 11.4 Å². The van der Waals surface area contributed by atoms with Gasteiger partial charge in [-0.1, -0.05) is 55.3 Å². The fourth-order valence-electron chi connectivity index (χ4n) is 4.57. The van der Waals surface area contributed by atoms with Crippen molar-refractivity contribution in [1.29, 1.82) is 0 Å². The third kappa shape index (κ3) is 6.04. The van der Waals surface area contributed by atoms with Crippen molar-refractivity contribution in [2.45, 2.75) is 39.7 Å². The number of nitrogens with one attached hydrogen (secondary N) is 1. The van der Waals surface area contributed by atoms with Crippen molar-refractivity contribution >= 4 is 23.3 Å². The lowest BCUT2D eigenvalue weighted by atomic mass is 9.91. The minimum Gasteiger partial charge on any atom is -0.479 e. The highest BCUT2D eigenvalue weighted by atomic mass is 35.5. The molecule has 0 bridgehead atoms. The molecular formula is C29H33ClN6O5. The van der Waals surface area contributed by atoms with Crippen LogP contribution in [-0.4, -0.2) is 51.1 Å². The largest absolute Gasteiger partial charge is 0.479 e. The highest BCUT2D eigenvalue weighted by Gasteiger charge is 2.34. The number of methoxy groups -OCH3 is 2. The van der Waals surface area contributed by atoms with Crippen LogP contribution in [0.2, 0.25) is 5.02 Å². The number of carbonyl (C=O) groups excluding carboxylic acids is 1. The normalized spacial score (nSPS) is 11.8. The summed E-state index contributed by atoms with van der Waals surface area (Å²) in [5.41, 5.74) is 3.49. The first-order valence-corrected chi connectivity index (χ1v) is 13.4. The number of carbonyl (C=O) groups is 1. The Bertz CT molecular complexity index is 1610. The number of ether oxygens (including phenoxy) is 3. The summed E-state index contributed by atoms with van der Waals surface area (Å²) in [6.07, 6.45) is 3.05. The van der Waals surface area contributed by atoms with Gasteiger partial charge in [0, 0.05) is 18.8 Å². The minimum atomic E-state index is -0.697. The molecule has 0 aliphatic heterocycles. The molecule has 41 heavy (non-hydrogen) atoms. The Morgan fingerprint density at radius 1 is 1.15 bits per heavy atom. The average molecular weight is 581 g/mol. The molecule has 12 heteroatoms. The molecule has 0 saturated heterocycles. The molecule has 0 amide bonds. The van der Waals surface area contributed by atoms with E-state index in [1.54, 1.807) is 24.7 Å². The van der Waals surface area contributed by atoms with Crippen LogP contribution in [0.1, 0.15) is 65.6 Å². The Morgan fingerprint density at radius 2 is 1.85 bits per heavy atom. The van der Waals surface area contributed by atoms with E-state index in [0.29, 0.717) is 22.0 Å². The standard InChI is InChI=1S/C29H33ClN6O5/c1-8-41-28(38)24-22(25(16(2)3)36(34-24)21-14-31-29(40-7)33-26(21)39-6)23(18-11-9-17(4)10-12-18)32-20-13-19(30)15-35(5)27(20)37/h9-16,23,32H,8H2,1-7H3. The molecule has 1 aromatic carbocycles. The maximum absolute atomic E-state index is 13.5. The van der Waals surface area contributed by atoms with Crippen molar-refractivity contribution in [2.75, 3.05) is 26.1 Å². The number of hydrogen-bond acceptors (Lipinski definition) is 9. The molecule has 216 valence electrons. The second kappa shape index (κ2) is 12.4. The van der Waals surface area contributed by atoms with Crippen LogP contribution >= 0.6 is 11.6 Å². The molecule has 11 nitrogen and oxygen atoms in total. The predicted octanol–water partition coefficient (Wildman–Crippen LogP) is 4.84. The van der Waals surface area contributed by atoms with Crippen molar-refractivity contribution < 1.29 is 19.0 Å². The summed E-state index contributed by atoms with van der Waals surface area (Å²) in [7, 11) is 4.55. The van der Waals surface area contributed by atoms with Gasteiger partial charge >= 0.3 is 12.0 Å². The lowest BCUT2D eigenvalue weighted by molar-refractivity contribution is 0.0517. The summed E-state index contributed by atoms with van der Waals surface area (Å²) >= 11 is 6.34. The summed E-state index contributed by atoms with van der Waals surface area (Å²) in [5, 5.41) is 8.48. The Labute approximate surface area is 243 Å². The second-order valence-electron chi connectivity index (χ2n) is 9.66. The number of halogens is 1. The number of hydrogen-bond donors (Lipinski definition) is 1. The van der Waals surface area contributed by atoms with Gasteiger partial charge in [0.25, 0.3) is 5.56 Å². The molecule has 4 rings (SSSR count). The van der Waals surface area contributed by atoms with E-state index < -0.39 is 12.0 Å². The third-order valence-corrected chi connectivity index (χ3v) is 6.65. The summed E-state index contributed by atoms with van der Waals surface area (Å²) in [6.45, 7) is 7.82. The van der Waals surface area contributed by atoms with Crippen molar-refractivity contribution in [2.24, 2.45) is 7.05 Å². The van der Waals surface area contributed by atoms with E-state index in [2.05, 4.69) is 15.3 Å². The Morgan fingerprint density at radius 3 is 2.46 bits per heavy atom. The van der Waals surface area contributed by atoms with Gasteiger partial charge in [-0.15, -0.1) is 0 Å². The lowest BCUT2D eigenvalue weighted by Crippen LogP contribution is -2.25. The van der Waals surface area contributed by atoms with Gasteiger partial charge in [-0.25, -0.2) is 14.5 Å². The van der Waals surface area contributed by atoms with E-state index in [4.69, 9.17) is 30.9 Å². The van der Waals surface area contributed by atoms with Gasteiger partial charge in [-0.2, -0.15) is 10.1 Å². The second-order valence-corrected chi connectivity index (χ2v) is 10.1. The van der Waals surface area contributed by atoms with Crippen LogP contribution in [0.15, 0.2) is 47.5 Å². The van der Waals surface area contributed by atoms with Gasteiger partial charge in [-0.3, -0.25) is 4.79 Å². The van der Waals surface area contributed by atoms with E-state index in [-0.39, 0.29) is 41.4 Å². The molecular weight excluding hydrogens is 548 g/mol. The Hall–Kier alpha value is -4.38. The summed E-state index contributed by atoms with van der Waals surface area (Å²) in [4.78, 5) is 35.2. The highest BCUT2D eigenvalue weighted by Crippen LogP contribution is 2.38. The zero-order valence-corrected chi connectivity index (χ0v) is 24.8. The number of aromatic nitrogens is 5. The number of esters is 1. The van der Waals surface area contributed by atoms with Crippen molar-refractivity contribution in [1.82, 2.24) is 24.3 Å². The molecule has 0 radical (unpaired) electrons. The molecule has 1 N–H and O–H groups in total. The SMILES string of the molecule is CCOC(=O)c1nn(-c2cnc(OC)nc2OC)c(C(C)C)c1C(Nc1cc(Cl)cn(C)c1=O)c1ccc(C)cc1. The van der Waals surface area contributed by atoms with Crippen LogP contribution in [0.4, 0.5) is 5.69 Å². The maximum Gasteiger partial charge on any atom is 0.359 e. The molecule has 0 fully saturated rings. The van der Waals surface area contributed by atoms with Gasteiger partial charge in [-0.05, 0) is 31.4 Å². The number of anilines is 1. The lowest BCUT2D eigenvalue weighted by Gasteiger charge is -2.24. The number of benzene rings is 1. The summed E-state index contributed by atoms with van der Waals surface area (Å²) in [5.74, 6) is -0.578. The van der Waals surface area contributed by atoms with Crippen LogP contribution in [0.25, 0.3) is 5.69 Å². The smallest absolute Gasteiger partial charge is 0.359 e. The van der Waals surface area contributed by atoms with E-state index in [1.165, 1.54) is 31.2 Å². The number of rotatable bonds is 10. The highest BCUT2D eigenvalue weighted by molar-refractivity contribution is 6.30. The molecule has 0 aliphatic rings. The predicted molar refractivity (Wildman–Crippen MR) is 156 cm³/mol. The summed E-state index contributed by atoms with van der Waals surface area (Å²) < 4.78 is 19.2. The van der Waals surface area contributed by atoms with Crippen LogP contribution in [0.3, 0.4) is 0 Å². The maximum atomic E-state index is 13.5. The molecule has 3 aromatic heterocycles. The van der Waals surface area contributed by atoms with E-state index in [0.717, 1.165) is 11.1 Å². The van der Waals surface area contributed by atoms with Crippen LogP contribution in [0, 0.1) is 6.92 Å². The first-order chi connectivity index (χ1) is 19.6. The number of nitrogens with zero attached hydrogens (tertiary/aromatic N) is 5. The fourth-order valence-corrected chi connectivity index (χ4v) is 4.82. The van der Waals surface area contributed by atoms with Gasteiger partial charge in [0.05, 0.1) is 43.8 Å². The van der Waals surface area contributed by atoms with Gasteiger partial charge in [0.2, 0.25) is 5.88 Å². The third-order valence-electron chi connectivity index (χ3n) is 6.44. The molecule has 0 spiro atoms. The Balaban J connectivity index is 2.07. The molecule has 4 aromatic rings.